The first-order valence-corrected chi connectivity index (χ1v) is 7.94. The van der Waals surface area contributed by atoms with Crippen molar-refractivity contribution in [2.24, 2.45) is 0 Å². The van der Waals surface area contributed by atoms with Gasteiger partial charge in [-0.1, -0.05) is 0 Å². The van der Waals surface area contributed by atoms with Gasteiger partial charge in [0, 0.05) is 17.8 Å². The van der Waals surface area contributed by atoms with E-state index in [9.17, 15) is 8.42 Å². The highest BCUT2D eigenvalue weighted by Gasteiger charge is 2.25. The van der Waals surface area contributed by atoms with Crippen molar-refractivity contribution in [3.63, 3.8) is 0 Å². The van der Waals surface area contributed by atoms with Crippen LogP contribution in [0.5, 0.6) is 0 Å². The van der Waals surface area contributed by atoms with Crippen molar-refractivity contribution in [1.29, 1.82) is 0 Å². The molecule has 0 aliphatic rings. The number of aryl methyl sites for hydroxylation is 2. The standard InChI is InChI=1S/C14H24N2O2S/c1-7-15-12-8-10(2)13(11(3)9-12)19(17,18)16-14(4,5)6/h8-9,15-16H,7H2,1-6H3. The van der Waals surface area contributed by atoms with Crippen molar-refractivity contribution in [3.05, 3.63) is 23.3 Å². The number of hydrogen-bond acceptors (Lipinski definition) is 3. The van der Waals surface area contributed by atoms with E-state index in [1.807, 2.05) is 53.7 Å². The summed E-state index contributed by atoms with van der Waals surface area (Å²) in [5, 5.41) is 3.20. The molecule has 0 unspecified atom stereocenters. The van der Waals surface area contributed by atoms with Gasteiger partial charge in [0.05, 0.1) is 4.90 Å². The van der Waals surface area contributed by atoms with Gasteiger partial charge in [-0.3, -0.25) is 0 Å². The largest absolute Gasteiger partial charge is 0.385 e. The summed E-state index contributed by atoms with van der Waals surface area (Å²) in [5.74, 6) is 0. The Balaban J connectivity index is 3.28. The number of sulfonamides is 1. The zero-order valence-corrected chi connectivity index (χ0v) is 13.4. The topological polar surface area (TPSA) is 58.2 Å². The Morgan fingerprint density at radius 1 is 1.11 bits per heavy atom. The second-order valence-corrected chi connectivity index (χ2v) is 7.44. The van der Waals surface area contributed by atoms with Crippen LogP contribution in [0.15, 0.2) is 17.0 Å². The predicted molar refractivity (Wildman–Crippen MR) is 80.2 cm³/mol. The summed E-state index contributed by atoms with van der Waals surface area (Å²) in [5.41, 5.74) is 1.98. The molecule has 0 fully saturated rings. The Bertz CT molecular complexity index is 534. The highest BCUT2D eigenvalue weighted by molar-refractivity contribution is 7.89. The fourth-order valence-corrected chi connectivity index (χ4v) is 4.01. The number of hydrogen-bond donors (Lipinski definition) is 2. The first-order valence-electron chi connectivity index (χ1n) is 6.46. The van der Waals surface area contributed by atoms with Crippen LogP contribution in [-0.2, 0) is 10.0 Å². The lowest BCUT2D eigenvalue weighted by molar-refractivity contribution is 0.491. The fourth-order valence-electron chi connectivity index (χ4n) is 2.13. The summed E-state index contributed by atoms with van der Waals surface area (Å²) in [7, 11) is -3.49. The van der Waals surface area contributed by atoms with E-state index in [4.69, 9.17) is 0 Å². The summed E-state index contributed by atoms with van der Waals surface area (Å²) >= 11 is 0. The zero-order valence-electron chi connectivity index (χ0n) is 12.6. The van der Waals surface area contributed by atoms with Crippen molar-refractivity contribution in [3.8, 4) is 0 Å². The third-order valence-electron chi connectivity index (χ3n) is 2.55. The van der Waals surface area contributed by atoms with E-state index in [1.165, 1.54) is 0 Å². The molecule has 0 aromatic heterocycles. The van der Waals surface area contributed by atoms with E-state index in [0.29, 0.717) is 4.90 Å². The van der Waals surface area contributed by atoms with Crippen LogP contribution in [0.2, 0.25) is 0 Å². The van der Waals surface area contributed by atoms with Gasteiger partial charge >= 0.3 is 0 Å². The minimum absolute atomic E-state index is 0.379. The van der Waals surface area contributed by atoms with Gasteiger partial charge in [0.15, 0.2) is 0 Å². The quantitative estimate of drug-likeness (QED) is 0.894. The average molecular weight is 284 g/mol. The predicted octanol–water partition coefficient (Wildman–Crippen LogP) is 2.81. The Hall–Kier alpha value is -1.07. The Morgan fingerprint density at radius 2 is 1.58 bits per heavy atom. The van der Waals surface area contributed by atoms with Crippen LogP contribution in [0.25, 0.3) is 0 Å². The van der Waals surface area contributed by atoms with E-state index in [-0.39, 0.29) is 0 Å². The molecular weight excluding hydrogens is 260 g/mol. The maximum atomic E-state index is 12.4. The number of benzene rings is 1. The molecule has 1 rings (SSSR count). The van der Waals surface area contributed by atoms with Gasteiger partial charge in [0.25, 0.3) is 0 Å². The summed E-state index contributed by atoms with van der Waals surface area (Å²) in [4.78, 5) is 0.379. The number of nitrogens with one attached hydrogen (secondary N) is 2. The average Bonchev–Trinajstić information content (AvgIpc) is 2.11. The van der Waals surface area contributed by atoms with Crippen LogP contribution < -0.4 is 10.0 Å². The Kier molecular flexibility index (Phi) is 4.63. The van der Waals surface area contributed by atoms with Crippen molar-refractivity contribution >= 4 is 15.7 Å². The lowest BCUT2D eigenvalue weighted by atomic mass is 10.1. The summed E-state index contributed by atoms with van der Waals surface area (Å²) in [6.07, 6.45) is 0. The molecule has 0 bridgehead atoms. The maximum absolute atomic E-state index is 12.4. The normalized spacial score (nSPS) is 12.5. The summed E-state index contributed by atoms with van der Waals surface area (Å²) in [6.45, 7) is 12.0. The molecule has 0 amide bonds. The number of rotatable bonds is 4. The molecule has 1 aromatic rings. The van der Waals surface area contributed by atoms with Gasteiger partial charge in [0.1, 0.15) is 0 Å². The first kappa shape index (κ1) is 16.0. The van der Waals surface area contributed by atoms with E-state index in [0.717, 1.165) is 23.4 Å². The number of anilines is 1. The van der Waals surface area contributed by atoms with Crippen molar-refractivity contribution in [1.82, 2.24) is 4.72 Å². The molecule has 0 spiro atoms. The molecule has 19 heavy (non-hydrogen) atoms. The highest BCUT2D eigenvalue weighted by atomic mass is 32.2. The van der Waals surface area contributed by atoms with Gasteiger partial charge in [-0.25, -0.2) is 13.1 Å². The van der Waals surface area contributed by atoms with Gasteiger partial charge in [-0.15, -0.1) is 0 Å². The highest BCUT2D eigenvalue weighted by Crippen LogP contribution is 2.25. The third kappa shape index (κ3) is 4.21. The summed E-state index contributed by atoms with van der Waals surface area (Å²) < 4.78 is 27.6. The molecule has 0 atom stereocenters. The summed E-state index contributed by atoms with van der Waals surface area (Å²) in [6, 6.07) is 3.74. The fraction of sp³-hybridized carbons (Fsp3) is 0.571. The monoisotopic (exact) mass is 284 g/mol. The van der Waals surface area contributed by atoms with Crippen LogP contribution in [0.4, 0.5) is 5.69 Å². The van der Waals surface area contributed by atoms with Crippen molar-refractivity contribution in [2.75, 3.05) is 11.9 Å². The molecule has 0 heterocycles. The smallest absolute Gasteiger partial charge is 0.241 e. The minimum Gasteiger partial charge on any atom is -0.385 e. The van der Waals surface area contributed by atoms with Gasteiger partial charge in [-0.2, -0.15) is 0 Å². The molecule has 0 aliphatic carbocycles. The van der Waals surface area contributed by atoms with E-state index < -0.39 is 15.6 Å². The van der Waals surface area contributed by atoms with Crippen LogP contribution in [0.3, 0.4) is 0 Å². The van der Waals surface area contributed by atoms with Gasteiger partial charge < -0.3 is 5.32 Å². The molecule has 0 saturated heterocycles. The Morgan fingerprint density at radius 3 is 1.95 bits per heavy atom. The SMILES string of the molecule is CCNc1cc(C)c(S(=O)(=O)NC(C)(C)C)c(C)c1. The molecule has 0 saturated carbocycles. The van der Waals surface area contributed by atoms with E-state index in [1.54, 1.807) is 0 Å². The maximum Gasteiger partial charge on any atom is 0.241 e. The second kappa shape index (κ2) is 5.51. The van der Waals surface area contributed by atoms with Crippen LogP contribution in [0, 0.1) is 13.8 Å². The molecule has 5 heteroatoms. The molecule has 1 aromatic carbocycles. The van der Waals surface area contributed by atoms with Crippen LogP contribution in [-0.4, -0.2) is 20.5 Å². The lowest BCUT2D eigenvalue weighted by Gasteiger charge is -2.22. The van der Waals surface area contributed by atoms with Crippen molar-refractivity contribution in [2.45, 2.75) is 52.0 Å². The minimum atomic E-state index is -3.49. The first-order chi connectivity index (χ1) is 8.57. The molecule has 0 aliphatic heterocycles. The zero-order chi connectivity index (χ0) is 14.8. The van der Waals surface area contributed by atoms with E-state index >= 15 is 0 Å². The van der Waals surface area contributed by atoms with Crippen molar-refractivity contribution < 1.29 is 8.42 Å². The molecular formula is C14H24N2O2S. The molecule has 0 radical (unpaired) electrons. The molecule has 108 valence electrons. The van der Waals surface area contributed by atoms with Crippen LogP contribution in [0.1, 0.15) is 38.8 Å². The third-order valence-corrected chi connectivity index (χ3v) is 4.61. The second-order valence-electron chi connectivity index (χ2n) is 5.82. The molecule has 4 nitrogen and oxygen atoms in total. The van der Waals surface area contributed by atoms with Gasteiger partial charge in [0.2, 0.25) is 10.0 Å². The molecule has 2 N–H and O–H groups in total. The Labute approximate surface area is 116 Å². The van der Waals surface area contributed by atoms with E-state index in [2.05, 4.69) is 10.0 Å². The van der Waals surface area contributed by atoms with Gasteiger partial charge in [-0.05, 0) is 64.8 Å². The lowest BCUT2D eigenvalue weighted by Crippen LogP contribution is -2.41. The van der Waals surface area contributed by atoms with Crippen LogP contribution >= 0.6 is 0 Å².